The second-order valence-corrected chi connectivity index (χ2v) is 6.29. The summed E-state index contributed by atoms with van der Waals surface area (Å²) in [6.07, 6.45) is 3.75. The van der Waals surface area contributed by atoms with Gasteiger partial charge in [-0.25, -0.2) is 4.98 Å². The van der Waals surface area contributed by atoms with E-state index in [1.165, 1.54) is 5.56 Å². The molecule has 0 bridgehead atoms. The Labute approximate surface area is 120 Å². The highest BCUT2D eigenvalue weighted by molar-refractivity contribution is 9.10. The summed E-state index contributed by atoms with van der Waals surface area (Å²) in [5.41, 5.74) is 7.33. The molecule has 0 amide bonds. The number of imidazole rings is 1. The van der Waals surface area contributed by atoms with E-state index in [0.29, 0.717) is 0 Å². The molecule has 18 heavy (non-hydrogen) atoms. The number of nitrogens with two attached hydrogens (primary N) is 1. The van der Waals surface area contributed by atoms with Crippen LogP contribution >= 0.6 is 27.7 Å². The molecule has 2 rings (SSSR count). The molecule has 3 nitrogen and oxygen atoms in total. The highest BCUT2D eigenvalue weighted by Gasteiger charge is 2.19. The van der Waals surface area contributed by atoms with Gasteiger partial charge in [0.05, 0.1) is 5.25 Å². The van der Waals surface area contributed by atoms with E-state index >= 15 is 0 Å². The number of benzene rings is 1. The predicted molar refractivity (Wildman–Crippen MR) is 79.6 cm³/mol. The SMILES string of the molecule is CC(N)C(Sc1nccn1C)c1ccc(Br)cc1. The number of hydrogen-bond donors (Lipinski definition) is 1. The summed E-state index contributed by atoms with van der Waals surface area (Å²) in [6, 6.07) is 8.36. The Bertz CT molecular complexity index is 507. The number of halogens is 1. The number of thioether (sulfide) groups is 1. The van der Waals surface area contributed by atoms with Crippen molar-refractivity contribution in [1.82, 2.24) is 9.55 Å². The third-order valence-electron chi connectivity index (χ3n) is 2.69. The molecule has 2 aromatic rings. The summed E-state index contributed by atoms with van der Waals surface area (Å²) in [6.45, 7) is 2.03. The molecule has 96 valence electrons. The summed E-state index contributed by atoms with van der Waals surface area (Å²) in [5, 5.41) is 1.19. The van der Waals surface area contributed by atoms with E-state index < -0.39 is 0 Å². The zero-order valence-corrected chi connectivity index (χ0v) is 12.8. The molecule has 1 aromatic heterocycles. The molecule has 0 saturated carbocycles. The topological polar surface area (TPSA) is 43.8 Å². The molecule has 2 N–H and O–H groups in total. The third-order valence-corrected chi connectivity index (χ3v) is 4.77. The van der Waals surface area contributed by atoms with Crippen LogP contribution in [0.25, 0.3) is 0 Å². The number of nitrogens with zero attached hydrogens (tertiary/aromatic N) is 2. The van der Waals surface area contributed by atoms with Gasteiger partial charge in [0, 0.05) is 30.0 Å². The van der Waals surface area contributed by atoms with Crippen LogP contribution in [0.2, 0.25) is 0 Å². The van der Waals surface area contributed by atoms with Gasteiger partial charge >= 0.3 is 0 Å². The molecule has 1 aromatic carbocycles. The van der Waals surface area contributed by atoms with Gasteiger partial charge in [0.1, 0.15) is 0 Å². The van der Waals surface area contributed by atoms with Crippen LogP contribution in [0.3, 0.4) is 0 Å². The smallest absolute Gasteiger partial charge is 0.168 e. The van der Waals surface area contributed by atoms with Gasteiger partial charge in [-0.15, -0.1) is 0 Å². The van der Waals surface area contributed by atoms with Crippen molar-refractivity contribution in [2.75, 3.05) is 0 Å². The minimum absolute atomic E-state index is 0.0628. The number of hydrogen-bond acceptors (Lipinski definition) is 3. The Morgan fingerprint density at radius 1 is 1.33 bits per heavy atom. The predicted octanol–water partition coefficient (Wildman–Crippen LogP) is 3.36. The second-order valence-electron chi connectivity index (χ2n) is 4.27. The fourth-order valence-electron chi connectivity index (χ4n) is 1.71. The van der Waals surface area contributed by atoms with Gasteiger partial charge in [0.25, 0.3) is 0 Å². The standard InChI is InChI=1S/C13H16BrN3S/c1-9(15)12(10-3-5-11(14)6-4-10)18-13-16-7-8-17(13)2/h3-9,12H,15H2,1-2H3. The minimum atomic E-state index is 0.0628. The van der Waals surface area contributed by atoms with Crippen LogP contribution in [0.4, 0.5) is 0 Å². The van der Waals surface area contributed by atoms with Crippen LogP contribution in [0.5, 0.6) is 0 Å². The van der Waals surface area contributed by atoms with Crippen molar-refractivity contribution in [1.29, 1.82) is 0 Å². The van der Waals surface area contributed by atoms with Crippen molar-refractivity contribution < 1.29 is 0 Å². The van der Waals surface area contributed by atoms with Crippen LogP contribution in [-0.2, 0) is 7.05 Å². The summed E-state index contributed by atoms with van der Waals surface area (Å²) in [7, 11) is 2.00. The zero-order valence-electron chi connectivity index (χ0n) is 10.4. The normalized spacial score (nSPS) is 14.4. The number of aryl methyl sites for hydroxylation is 1. The zero-order chi connectivity index (χ0) is 13.1. The summed E-state index contributed by atoms with van der Waals surface area (Å²) in [5.74, 6) is 0. The minimum Gasteiger partial charge on any atom is -0.329 e. The van der Waals surface area contributed by atoms with Crippen molar-refractivity contribution in [3.63, 3.8) is 0 Å². The van der Waals surface area contributed by atoms with Gasteiger partial charge in [-0.05, 0) is 24.6 Å². The highest BCUT2D eigenvalue weighted by Crippen LogP contribution is 2.36. The van der Waals surface area contributed by atoms with E-state index in [1.54, 1.807) is 11.8 Å². The summed E-state index contributed by atoms with van der Waals surface area (Å²) < 4.78 is 3.09. The summed E-state index contributed by atoms with van der Waals surface area (Å²) in [4.78, 5) is 4.34. The molecule has 0 aliphatic rings. The Hall–Kier alpha value is -0.780. The molecule has 0 aliphatic carbocycles. The van der Waals surface area contributed by atoms with Crippen LogP contribution in [0.15, 0.2) is 46.3 Å². The monoisotopic (exact) mass is 325 g/mol. The lowest BCUT2D eigenvalue weighted by molar-refractivity contribution is 0.710. The fourth-order valence-corrected chi connectivity index (χ4v) is 3.06. The molecular formula is C13H16BrN3S. The van der Waals surface area contributed by atoms with Crippen molar-refractivity contribution in [3.8, 4) is 0 Å². The van der Waals surface area contributed by atoms with Gasteiger partial charge in [-0.1, -0.05) is 39.8 Å². The van der Waals surface area contributed by atoms with Gasteiger partial charge < -0.3 is 10.3 Å². The lowest BCUT2D eigenvalue weighted by Crippen LogP contribution is -2.22. The van der Waals surface area contributed by atoms with Crippen molar-refractivity contribution in [2.45, 2.75) is 23.4 Å². The lowest BCUT2D eigenvalue weighted by Gasteiger charge is -2.20. The Kier molecular flexibility index (Phi) is 4.48. The average molecular weight is 326 g/mol. The van der Waals surface area contributed by atoms with Crippen LogP contribution in [-0.4, -0.2) is 15.6 Å². The Balaban J connectivity index is 2.24. The molecule has 1 heterocycles. The Morgan fingerprint density at radius 2 is 2.00 bits per heavy atom. The largest absolute Gasteiger partial charge is 0.329 e. The number of aromatic nitrogens is 2. The van der Waals surface area contributed by atoms with E-state index in [9.17, 15) is 0 Å². The molecule has 0 saturated heterocycles. The van der Waals surface area contributed by atoms with E-state index in [2.05, 4.69) is 33.0 Å². The van der Waals surface area contributed by atoms with Crippen LogP contribution in [0, 0.1) is 0 Å². The quantitative estimate of drug-likeness (QED) is 0.876. The van der Waals surface area contributed by atoms with Gasteiger partial charge in [-0.3, -0.25) is 0 Å². The fraction of sp³-hybridized carbons (Fsp3) is 0.308. The molecule has 0 aliphatic heterocycles. The first kappa shape index (κ1) is 13.6. The molecule has 2 unspecified atom stereocenters. The maximum Gasteiger partial charge on any atom is 0.168 e. The van der Waals surface area contributed by atoms with Gasteiger partial charge in [0.15, 0.2) is 5.16 Å². The molecule has 0 radical (unpaired) electrons. The average Bonchev–Trinajstić information content (AvgIpc) is 2.73. The molecule has 5 heteroatoms. The van der Waals surface area contributed by atoms with Gasteiger partial charge in [-0.2, -0.15) is 0 Å². The van der Waals surface area contributed by atoms with Crippen molar-refractivity contribution >= 4 is 27.7 Å². The maximum atomic E-state index is 6.10. The highest BCUT2D eigenvalue weighted by atomic mass is 79.9. The first-order chi connectivity index (χ1) is 8.58. The lowest BCUT2D eigenvalue weighted by atomic mass is 10.1. The van der Waals surface area contributed by atoms with E-state index in [1.807, 2.05) is 43.1 Å². The second kappa shape index (κ2) is 5.91. The van der Waals surface area contributed by atoms with Crippen LogP contribution < -0.4 is 5.73 Å². The maximum absolute atomic E-state index is 6.10. The third kappa shape index (κ3) is 3.16. The molecule has 2 atom stereocenters. The Morgan fingerprint density at radius 3 is 2.50 bits per heavy atom. The molecule has 0 fully saturated rings. The van der Waals surface area contributed by atoms with Crippen LogP contribution in [0.1, 0.15) is 17.7 Å². The number of rotatable bonds is 4. The molecular weight excluding hydrogens is 310 g/mol. The first-order valence-corrected chi connectivity index (χ1v) is 7.40. The first-order valence-electron chi connectivity index (χ1n) is 5.73. The van der Waals surface area contributed by atoms with E-state index in [-0.39, 0.29) is 11.3 Å². The van der Waals surface area contributed by atoms with Gasteiger partial charge in [0.2, 0.25) is 0 Å². The van der Waals surface area contributed by atoms with E-state index in [0.717, 1.165) is 9.63 Å². The van der Waals surface area contributed by atoms with E-state index in [4.69, 9.17) is 5.73 Å². The van der Waals surface area contributed by atoms with Crippen molar-refractivity contribution in [3.05, 3.63) is 46.7 Å². The van der Waals surface area contributed by atoms with Crippen molar-refractivity contribution in [2.24, 2.45) is 12.8 Å². The summed E-state index contributed by atoms with van der Waals surface area (Å²) >= 11 is 5.15. The molecule has 0 spiro atoms.